The maximum Gasteiger partial charge on any atom is 0.328 e. The molecule has 1 fully saturated rings. The highest BCUT2D eigenvalue weighted by molar-refractivity contribution is 7.17. The first-order chi connectivity index (χ1) is 9.08. The largest absolute Gasteiger partial charge is 0.480 e. The number of aliphatic carboxylic acids is 1. The molecule has 2 heterocycles. The SMILES string of the molecule is O=C(O)[C@@H]1COCCN1C(=O)/C=C\c1ccc(Cl)s1. The number of carboxylic acids is 1. The average Bonchev–Trinajstić information content (AvgIpc) is 2.81. The molecular formula is C12H12ClNO4S. The lowest BCUT2D eigenvalue weighted by atomic mass is 10.2. The molecule has 1 amide bonds. The second kappa shape index (κ2) is 6.18. The van der Waals surface area contributed by atoms with Gasteiger partial charge in [-0.05, 0) is 18.2 Å². The van der Waals surface area contributed by atoms with Crippen LogP contribution < -0.4 is 0 Å². The molecule has 1 aliphatic rings. The molecule has 1 aromatic rings. The van der Waals surface area contributed by atoms with E-state index in [0.29, 0.717) is 10.9 Å². The predicted molar refractivity (Wildman–Crippen MR) is 72.3 cm³/mol. The summed E-state index contributed by atoms with van der Waals surface area (Å²) in [6.07, 6.45) is 3.00. The molecule has 0 bridgehead atoms. The summed E-state index contributed by atoms with van der Waals surface area (Å²) in [6.45, 7) is 0.666. The van der Waals surface area contributed by atoms with E-state index >= 15 is 0 Å². The van der Waals surface area contributed by atoms with Crippen LogP contribution in [-0.4, -0.2) is 47.7 Å². The summed E-state index contributed by atoms with van der Waals surface area (Å²) in [7, 11) is 0. The van der Waals surface area contributed by atoms with Crippen LogP contribution in [0.1, 0.15) is 4.88 Å². The number of carbonyl (C=O) groups excluding carboxylic acids is 1. The van der Waals surface area contributed by atoms with Crippen LogP contribution in [0.15, 0.2) is 18.2 Å². The van der Waals surface area contributed by atoms with Crippen LogP contribution in [-0.2, 0) is 14.3 Å². The monoisotopic (exact) mass is 301 g/mol. The van der Waals surface area contributed by atoms with Gasteiger partial charge in [0.15, 0.2) is 6.04 Å². The number of amides is 1. The summed E-state index contributed by atoms with van der Waals surface area (Å²) >= 11 is 7.13. The molecule has 7 heteroatoms. The molecule has 2 rings (SSSR count). The summed E-state index contributed by atoms with van der Waals surface area (Å²) < 4.78 is 5.72. The van der Waals surface area contributed by atoms with Gasteiger partial charge in [-0.25, -0.2) is 4.79 Å². The molecule has 1 saturated heterocycles. The standard InChI is InChI=1S/C12H12ClNO4S/c13-10-3-1-8(19-10)2-4-11(15)14-5-6-18-7-9(14)12(16)17/h1-4,9H,5-7H2,(H,16,17)/b4-2-/t9-/m0/s1. The molecule has 0 aliphatic carbocycles. The second-order valence-electron chi connectivity index (χ2n) is 3.94. The van der Waals surface area contributed by atoms with Crippen molar-refractivity contribution in [2.24, 2.45) is 0 Å². The topological polar surface area (TPSA) is 66.8 Å². The van der Waals surface area contributed by atoms with Crippen molar-refractivity contribution in [3.8, 4) is 0 Å². The van der Waals surface area contributed by atoms with Gasteiger partial charge in [-0.3, -0.25) is 4.79 Å². The van der Waals surface area contributed by atoms with E-state index in [1.165, 1.54) is 22.3 Å². The molecular weight excluding hydrogens is 290 g/mol. The van der Waals surface area contributed by atoms with Gasteiger partial charge in [0.1, 0.15) is 0 Å². The van der Waals surface area contributed by atoms with Gasteiger partial charge in [0, 0.05) is 17.5 Å². The van der Waals surface area contributed by atoms with Gasteiger partial charge in [-0.1, -0.05) is 11.6 Å². The Bertz CT molecular complexity index is 514. The van der Waals surface area contributed by atoms with Crippen LogP contribution >= 0.6 is 22.9 Å². The summed E-state index contributed by atoms with van der Waals surface area (Å²) in [5.74, 6) is -1.39. The highest BCUT2D eigenvalue weighted by Gasteiger charge is 2.31. The lowest BCUT2D eigenvalue weighted by Gasteiger charge is -2.31. The number of hydrogen-bond donors (Lipinski definition) is 1. The van der Waals surface area contributed by atoms with Crippen molar-refractivity contribution in [2.45, 2.75) is 6.04 Å². The predicted octanol–water partition coefficient (Wildman–Crippen LogP) is 1.73. The first kappa shape index (κ1) is 14.0. The summed E-state index contributed by atoms with van der Waals surface area (Å²) in [5, 5.41) is 9.03. The third kappa shape index (κ3) is 3.56. The fraction of sp³-hybridized carbons (Fsp3) is 0.333. The van der Waals surface area contributed by atoms with E-state index in [-0.39, 0.29) is 19.1 Å². The third-order valence-corrected chi connectivity index (χ3v) is 3.88. The molecule has 1 N–H and O–H groups in total. The van der Waals surface area contributed by atoms with Crippen LogP contribution in [0, 0.1) is 0 Å². The van der Waals surface area contributed by atoms with Crippen molar-refractivity contribution in [1.29, 1.82) is 0 Å². The first-order valence-corrected chi connectivity index (χ1v) is 6.82. The number of thiophene rings is 1. The number of rotatable bonds is 3. The van der Waals surface area contributed by atoms with Gasteiger partial charge in [0.25, 0.3) is 0 Å². The van der Waals surface area contributed by atoms with Crippen molar-refractivity contribution < 1.29 is 19.4 Å². The number of halogens is 1. The molecule has 1 aromatic heterocycles. The lowest BCUT2D eigenvalue weighted by molar-refractivity contribution is -0.156. The molecule has 19 heavy (non-hydrogen) atoms. The molecule has 0 unspecified atom stereocenters. The zero-order chi connectivity index (χ0) is 13.8. The number of carboxylic acid groups (broad SMARTS) is 1. The second-order valence-corrected chi connectivity index (χ2v) is 5.68. The Kier molecular flexibility index (Phi) is 4.57. The number of hydrogen-bond acceptors (Lipinski definition) is 4. The molecule has 0 spiro atoms. The smallest absolute Gasteiger partial charge is 0.328 e. The van der Waals surface area contributed by atoms with E-state index in [9.17, 15) is 9.59 Å². The minimum Gasteiger partial charge on any atom is -0.480 e. The van der Waals surface area contributed by atoms with Crippen molar-refractivity contribution in [2.75, 3.05) is 19.8 Å². The van der Waals surface area contributed by atoms with Crippen LogP contribution in [0.3, 0.4) is 0 Å². The van der Waals surface area contributed by atoms with Gasteiger partial charge in [-0.2, -0.15) is 0 Å². The molecule has 5 nitrogen and oxygen atoms in total. The molecule has 102 valence electrons. The Hall–Kier alpha value is -1.37. The van der Waals surface area contributed by atoms with Crippen LogP contribution in [0.2, 0.25) is 4.34 Å². The van der Waals surface area contributed by atoms with Crippen molar-refractivity contribution in [3.05, 3.63) is 27.4 Å². The van der Waals surface area contributed by atoms with E-state index in [2.05, 4.69) is 0 Å². The maximum absolute atomic E-state index is 12.0. The normalized spacial score (nSPS) is 19.8. The summed E-state index contributed by atoms with van der Waals surface area (Å²) in [4.78, 5) is 25.2. The first-order valence-electron chi connectivity index (χ1n) is 5.62. The van der Waals surface area contributed by atoms with Gasteiger partial charge in [0.2, 0.25) is 5.91 Å². The number of morpholine rings is 1. The van der Waals surface area contributed by atoms with E-state index in [1.54, 1.807) is 18.2 Å². The Morgan fingerprint density at radius 2 is 2.32 bits per heavy atom. The number of ether oxygens (including phenoxy) is 1. The minimum atomic E-state index is -1.05. The van der Waals surface area contributed by atoms with Gasteiger partial charge < -0.3 is 14.7 Å². The Balaban J connectivity index is 2.05. The lowest BCUT2D eigenvalue weighted by Crippen LogP contribution is -2.52. The van der Waals surface area contributed by atoms with E-state index in [4.69, 9.17) is 21.4 Å². The quantitative estimate of drug-likeness (QED) is 0.863. The average molecular weight is 302 g/mol. The van der Waals surface area contributed by atoms with Crippen molar-refractivity contribution in [1.82, 2.24) is 4.90 Å². The Morgan fingerprint density at radius 1 is 1.53 bits per heavy atom. The molecule has 1 aliphatic heterocycles. The highest BCUT2D eigenvalue weighted by Crippen LogP contribution is 2.22. The van der Waals surface area contributed by atoms with E-state index in [1.807, 2.05) is 0 Å². The zero-order valence-corrected chi connectivity index (χ0v) is 11.5. The minimum absolute atomic E-state index is 0.0275. The molecule has 1 atom stereocenters. The zero-order valence-electron chi connectivity index (χ0n) is 9.91. The van der Waals surface area contributed by atoms with Crippen molar-refractivity contribution >= 4 is 40.9 Å². The third-order valence-electron chi connectivity index (χ3n) is 2.68. The highest BCUT2D eigenvalue weighted by atomic mass is 35.5. The fourth-order valence-electron chi connectivity index (χ4n) is 1.74. The van der Waals surface area contributed by atoms with Crippen molar-refractivity contribution in [3.63, 3.8) is 0 Å². The Labute approximate surface area is 119 Å². The van der Waals surface area contributed by atoms with E-state index in [0.717, 1.165) is 4.88 Å². The van der Waals surface area contributed by atoms with Crippen LogP contribution in [0.5, 0.6) is 0 Å². The van der Waals surface area contributed by atoms with Gasteiger partial charge >= 0.3 is 5.97 Å². The Morgan fingerprint density at radius 3 is 2.95 bits per heavy atom. The number of carbonyl (C=O) groups is 2. The van der Waals surface area contributed by atoms with Crippen LogP contribution in [0.4, 0.5) is 0 Å². The number of nitrogens with zero attached hydrogens (tertiary/aromatic N) is 1. The van der Waals surface area contributed by atoms with Crippen LogP contribution in [0.25, 0.3) is 6.08 Å². The van der Waals surface area contributed by atoms with E-state index < -0.39 is 12.0 Å². The fourth-order valence-corrected chi connectivity index (χ4v) is 2.70. The molecule has 0 saturated carbocycles. The summed E-state index contributed by atoms with van der Waals surface area (Å²) in [6, 6.07) is 2.62. The maximum atomic E-state index is 12.0. The molecule has 0 radical (unpaired) electrons. The van der Waals surface area contributed by atoms with Gasteiger partial charge in [-0.15, -0.1) is 11.3 Å². The molecule has 0 aromatic carbocycles. The van der Waals surface area contributed by atoms with Gasteiger partial charge in [0.05, 0.1) is 17.6 Å². The summed E-state index contributed by atoms with van der Waals surface area (Å²) in [5.41, 5.74) is 0.